The van der Waals surface area contributed by atoms with Crippen molar-refractivity contribution in [3.63, 3.8) is 0 Å². The van der Waals surface area contributed by atoms with Gasteiger partial charge in [0, 0.05) is 5.92 Å². The van der Waals surface area contributed by atoms with E-state index in [1.54, 1.807) is 19.9 Å². The fourth-order valence-corrected chi connectivity index (χ4v) is 3.27. The molecule has 0 N–H and O–H groups in total. The molecule has 0 aliphatic heterocycles. The Morgan fingerprint density at radius 2 is 1.95 bits per heavy atom. The Labute approximate surface area is 112 Å². The van der Waals surface area contributed by atoms with Crippen molar-refractivity contribution in [1.82, 2.24) is 0 Å². The fraction of sp³-hybridized carbons (Fsp3) is 0.533. The molecule has 0 saturated carbocycles. The van der Waals surface area contributed by atoms with Gasteiger partial charge in [0.05, 0.1) is 18.4 Å². The van der Waals surface area contributed by atoms with Gasteiger partial charge >= 0.3 is 5.97 Å². The summed E-state index contributed by atoms with van der Waals surface area (Å²) in [6.45, 7) is 5.25. The number of allylic oxidation sites excluding steroid dienone is 3. The lowest BCUT2D eigenvalue weighted by molar-refractivity contribution is -0.157. The molecule has 0 aromatic rings. The van der Waals surface area contributed by atoms with Crippen molar-refractivity contribution in [2.45, 2.75) is 20.8 Å². The molecule has 0 aromatic heterocycles. The van der Waals surface area contributed by atoms with Crippen molar-refractivity contribution in [1.29, 1.82) is 0 Å². The lowest BCUT2D eigenvalue weighted by atomic mass is 9.54. The fourth-order valence-electron chi connectivity index (χ4n) is 3.27. The van der Waals surface area contributed by atoms with Gasteiger partial charge in [-0.05, 0) is 24.5 Å². The van der Waals surface area contributed by atoms with Crippen LogP contribution in [0.25, 0.3) is 0 Å². The third-order valence-corrected chi connectivity index (χ3v) is 4.43. The minimum Gasteiger partial charge on any atom is -0.469 e. The van der Waals surface area contributed by atoms with Crippen molar-refractivity contribution in [3.8, 4) is 0 Å². The van der Waals surface area contributed by atoms with Gasteiger partial charge in [-0.2, -0.15) is 0 Å². The topological polar surface area (TPSA) is 60.4 Å². The number of hydrogen-bond donors (Lipinski definition) is 0. The van der Waals surface area contributed by atoms with Crippen LogP contribution in [-0.4, -0.2) is 24.6 Å². The summed E-state index contributed by atoms with van der Waals surface area (Å²) in [6, 6.07) is 0. The molecule has 0 unspecified atom stereocenters. The molecular formula is C15H18O4. The molecule has 2 aliphatic carbocycles. The SMILES string of the molecule is COC(=O)[C@H]1C=C[C@@H](C)[C@@H]2C(=O)C(C)=CC(=O)[C@@]12C. The van der Waals surface area contributed by atoms with Crippen LogP contribution in [0.1, 0.15) is 20.8 Å². The molecular weight excluding hydrogens is 244 g/mol. The van der Waals surface area contributed by atoms with Gasteiger partial charge in [-0.15, -0.1) is 0 Å². The maximum atomic E-state index is 12.4. The van der Waals surface area contributed by atoms with Crippen LogP contribution < -0.4 is 0 Å². The second-order valence-electron chi connectivity index (χ2n) is 5.56. The largest absolute Gasteiger partial charge is 0.469 e. The van der Waals surface area contributed by atoms with Crippen molar-refractivity contribution in [3.05, 3.63) is 23.8 Å². The molecule has 0 fully saturated rings. The van der Waals surface area contributed by atoms with Crippen molar-refractivity contribution in [2.24, 2.45) is 23.2 Å². The van der Waals surface area contributed by atoms with E-state index in [2.05, 4.69) is 0 Å². The Morgan fingerprint density at radius 1 is 1.32 bits per heavy atom. The standard InChI is InChI=1S/C15H18O4/c1-8-5-6-10(14(18)19-4)15(3)11(16)7-9(2)13(17)12(8)15/h5-8,10,12H,1-4H3/t8-,10-,12-,15-/m1/s1. The molecule has 0 amide bonds. The number of esters is 1. The highest BCUT2D eigenvalue weighted by Gasteiger charge is 2.57. The lowest BCUT2D eigenvalue weighted by Gasteiger charge is -2.45. The average Bonchev–Trinajstić information content (AvgIpc) is 2.36. The average molecular weight is 262 g/mol. The van der Waals surface area contributed by atoms with E-state index in [1.807, 2.05) is 13.0 Å². The summed E-state index contributed by atoms with van der Waals surface area (Å²) in [5.74, 6) is -1.93. The zero-order chi connectivity index (χ0) is 14.4. The minimum atomic E-state index is -1.03. The zero-order valence-corrected chi connectivity index (χ0v) is 11.6. The van der Waals surface area contributed by atoms with E-state index in [1.165, 1.54) is 13.2 Å². The van der Waals surface area contributed by atoms with E-state index < -0.39 is 23.2 Å². The number of carbonyl (C=O) groups is 3. The summed E-state index contributed by atoms with van der Waals surface area (Å²) in [4.78, 5) is 36.7. The normalized spacial score (nSPS) is 37.7. The molecule has 0 saturated heterocycles. The molecule has 4 heteroatoms. The van der Waals surface area contributed by atoms with Crippen LogP contribution in [0.2, 0.25) is 0 Å². The van der Waals surface area contributed by atoms with Gasteiger partial charge in [-0.3, -0.25) is 14.4 Å². The highest BCUT2D eigenvalue weighted by Crippen LogP contribution is 2.49. The second-order valence-corrected chi connectivity index (χ2v) is 5.56. The summed E-state index contributed by atoms with van der Waals surface area (Å²) >= 11 is 0. The van der Waals surface area contributed by atoms with E-state index >= 15 is 0 Å². The van der Waals surface area contributed by atoms with E-state index in [4.69, 9.17) is 4.74 Å². The van der Waals surface area contributed by atoms with E-state index in [-0.39, 0.29) is 17.5 Å². The Bertz CT molecular complexity index is 514. The quantitative estimate of drug-likeness (QED) is 0.533. The number of hydrogen-bond acceptors (Lipinski definition) is 4. The predicted molar refractivity (Wildman–Crippen MR) is 69.2 cm³/mol. The van der Waals surface area contributed by atoms with E-state index in [0.29, 0.717) is 5.57 Å². The summed E-state index contributed by atoms with van der Waals surface area (Å²) in [5.41, 5.74) is -0.559. The number of ether oxygens (including phenoxy) is 1. The molecule has 2 rings (SSSR count). The van der Waals surface area contributed by atoms with Gasteiger partial charge in [-0.25, -0.2) is 0 Å². The van der Waals surface area contributed by atoms with Crippen LogP contribution in [0, 0.1) is 23.2 Å². The monoisotopic (exact) mass is 262 g/mol. The van der Waals surface area contributed by atoms with Crippen LogP contribution in [0.3, 0.4) is 0 Å². The van der Waals surface area contributed by atoms with Gasteiger partial charge in [-0.1, -0.05) is 26.0 Å². The highest BCUT2D eigenvalue weighted by molar-refractivity contribution is 6.13. The summed E-state index contributed by atoms with van der Waals surface area (Å²) in [5, 5.41) is 0. The molecule has 102 valence electrons. The molecule has 4 atom stereocenters. The molecule has 2 aliphatic rings. The molecule has 0 radical (unpaired) electrons. The van der Waals surface area contributed by atoms with Crippen molar-refractivity contribution < 1.29 is 19.1 Å². The number of ketones is 2. The minimum absolute atomic E-state index is 0.0483. The van der Waals surface area contributed by atoms with Gasteiger partial charge in [0.15, 0.2) is 11.6 Å². The van der Waals surface area contributed by atoms with Gasteiger partial charge in [0.1, 0.15) is 0 Å². The van der Waals surface area contributed by atoms with Crippen LogP contribution in [0.5, 0.6) is 0 Å². The number of methoxy groups -OCH3 is 1. The first kappa shape index (κ1) is 13.7. The zero-order valence-electron chi connectivity index (χ0n) is 11.6. The van der Waals surface area contributed by atoms with E-state index in [0.717, 1.165) is 0 Å². The maximum absolute atomic E-state index is 12.4. The van der Waals surface area contributed by atoms with Gasteiger partial charge in [0.2, 0.25) is 0 Å². The smallest absolute Gasteiger partial charge is 0.313 e. The predicted octanol–water partition coefficient (Wildman–Crippen LogP) is 1.70. The van der Waals surface area contributed by atoms with Crippen LogP contribution >= 0.6 is 0 Å². The highest BCUT2D eigenvalue weighted by atomic mass is 16.5. The molecule has 4 nitrogen and oxygen atoms in total. The Kier molecular flexibility index (Phi) is 3.20. The van der Waals surface area contributed by atoms with Crippen LogP contribution in [-0.2, 0) is 19.1 Å². The lowest BCUT2D eigenvalue weighted by Crippen LogP contribution is -2.54. The molecule has 0 bridgehead atoms. The van der Waals surface area contributed by atoms with Crippen LogP contribution in [0.15, 0.2) is 23.8 Å². The summed E-state index contributed by atoms with van der Waals surface area (Å²) in [6.07, 6.45) is 4.89. The molecule has 19 heavy (non-hydrogen) atoms. The first-order valence-electron chi connectivity index (χ1n) is 6.37. The first-order valence-corrected chi connectivity index (χ1v) is 6.37. The van der Waals surface area contributed by atoms with Crippen molar-refractivity contribution in [2.75, 3.05) is 7.11 Å². The maximum Gasteiger partial charge on any atom is 0.313 e. The Morgan fingerprint density at radius 3 is 2.53 bits per heavy atom. The number of fused-ring (bicyclic) bond motifs is 1. The Balaban J connectivity index is 2.60. The van der Waals surface area contributed by atoms with Crippen LogP contribution in [0.4, 0.5) is 0 Å². The van der Waals surface area contributed by atoms with Crippen molar-refractivity contribution >= 4 is 17.5 Å². The molecule has 0 aromatic carbocycles. The third kappa shape index (κ3) is 1.78. The number of Topliss-reactive ketones (excluding diaryl/α,β-unsaturated/α-hetero) is 1. The Hall–Kier alpha value is -1.71. The second kappa shape index (κ2) is 4.44. The van der Waals surface area contributed by atoms with Gasteiger partial charge < -0.3 is 4.74 Å². The number of carbonyl (C=O) groups excluding carboxylic acids is 3. The number of rotatable bonds is 1. The van der Waals surface area contributed by atoms with Gasteiger partial charge in [0.25, 0.3) is 0 Å². The summed E-state index contributed by atoms with van der Waals surface area (Å²) < 4.78 is 4.78. The summed E-state index contributed by atoms with van der Waals surface area (Å²) in [7, 11) is 1.29. The molecule has 0 heterocycles. The van der Waals surface area contributed by atoms with E-state index in [9.17, 15) is 14.4 Å². The third-order valence-electron chi connectivity index (χ3n) is 4.43. The first-order chi connectivity index (χ1) is 8.83. The molecule has 0 spiro atoms.